The molecule has 0 fully saturated rings. The second-order valence-electron chi connectivity index (χ2n) is 27.9. The minimum Gasteiger partial charge on any atom is -0.462 e. The van der Waals surface area contributed by atoms with E-state index in [1.807, 2.05) is 0 Å². The molecule has 0 aromatic heterocycles. The molecule has 0 spiro atoms. The number of unbranched alkanes of at least 4 members (excludes halogenated alkanes) is 39. The molecule has 0 saturated heterocycles. The number of carbonyl (C=O) groups excluding carboxylic acids is 4. The van der Waals surface area contributed by atoms with Gasteiger partial charge in [0.1, 0.15) is 19.3 Å². The predicted molar refractivity (Wildman–Crippen MR) is 377 cm³/mol. The van der Waals surface area contributed by atoms with Crippen LogP contribution in [0, 0.1) is 17.8 Å². The lowest BCUT2D eigenvalue weighted by Crippen LogP contribution is -2.30. The summed E-state index contributed by atoms with van der Waals surface area (Å²) in [6, 6.07) is 0. The zero-order valence-corrected chi connectivity index (χ0v) is 62.5. The third-order valence-corrected chi connectivity index (χ3v) is 19.4. The SMILES string of the molecule is CCCCCCCCCCCCC(=O)OC[C@H](COP(=O)(O)OC[C@H](O)COP(=O)(O)OC[C@@H](COC(=O)CCCCCCCCCCCC(C)C)OC(=O)CCCCCCCCCCCCCCCCCCCCC(C)C)OC(=O)CCCCCCCCC(C)CC. The van der Waals surface area contributed by atoms with Crippen molar-refractivity contribution < 1.29 is 80.2 Å². The molecule has 0 rings (SSSR count). The molecule has 0 radical (unpaired) electrons. The van der Waals surface area contributed by atoms with Gasteiger partial charge >= 0.3 is 39.5 Å². The Balaban J connectivity index is 5.18. The Morgan fingerprint density at radius 2 is 0.548 bits per heavy atom. The van der Waals surface area contributed by atoms with E-state index in [1.165, 1.54) is 186 Å². The van der Waals surface area contributed by atoms with Crippen molar-refractivity contribution in [2.24, 2.45) is 17.8 Å². The molecule has 0 heterocycles. The van der Waals surface area contributed by atoms with Crippen LogP contribution in [0.25, 0.3) is 0 Å². The van der Waals surface area contributed by atoms with Crippen LogP contribution in [0.4, 0.5) is 0 Å². The van der Waals surface area contributed by atoms with Gasteiger partial charge in [-0.05, 0) is 43.4 Å². The Morgan fingerprint density at radius 1 is 0.312 bits per heavy atom. The van der Waals surface area contributed by atoms with Crippen molar-refractivity contribution >= 4 is 39.5 Å². The summed E-state index contributed by atoms with van der Waals surface area (Å²) >= 11 is 0. The number of aliphatic hydroxyl groups is 1. The maximum Gasteiger partial charge on any atom is 0.472 e. The van der Waals surface area contributed by atoms with E-state index < -0.39 is 97.5 Å². The van der Waals surface area contributed by atoms with Crippen LogP contribution < -0.4 is 0 Å². The molecule has 0 aliphatic rings. The quantitative estimate of drug-likeness (QED) is 0.0222. The molecule has 0 saturated carbocycles. The van der Waals surface area contributed by atoms with E-state index in [4.69, 9.17) is 37.0 Å². The van der Waals surface area contributed by atoms with Crippen molar-refractivity contribution in [2.75, 3.05) is 39.6 Å². The molecular weight excluding hydrogens is 1220 g/mol. The van der Waals surface area contributed by atoms with Crippen molar-refractivity contribution in [3.63, 3.8) is 0 Å². The fraction of sp³-hybridized carbons (Fsp3) is 0.946. The fourth-order valence-electron chi connectivity index (χ4n) is 11.2. The van der Waals surface area contributed by atoms with Gasteiger partial charge in [0.05, 0.1) is 26.4 Å². The smallest absolute Gasteiger partial charge is 0.462 e. The van der Waals surface area contributed by atoms with Crippen LogP contribution in [0.2, 0.25) is 0 Å². The topological polar surface area (TPSA) is 237 Å². The van der Waals surface area contributed by atoms with Crippen LogP contribution in [0.5, 0.6) is 0 Å². The van der Waals surface area contributed by atoms with Gasteiger partial charge in [-0.15, -0.1) is 0 Å². The van der Waals surface area contributed by atoms with Crippen LogP contribution in [0.15, 0.2) is 0 Å². The van der Waals surface area contributed by atoms with Crippen molar-refractivity contribution in [1.82, 2.24) is 0 Å². The van der Waals surface area contributed by atoms with Crippen molar-refractivity contribution in [2.45, 2.75) is 394 Å². The summed E-state index contributed by atoms with van der Waals surface area (Å²) in [5.74, 6) is 0.160. The Labute approximate surface area is 568 Å². The minimum atomic E-state index is -4.96. The molecule has 3 N–H and O–H groups in total. The fourth-order valence-corrected chi connectivity index (χ4v) is 12.8. The van der Waals surface area contributed by atoms with Gasteiger partial charge in [-0.3, -0.25) is 37.3 Å². The van der Waals surface area contributed by atoms with Crippen LogP contribution in [0.1, 0.15) is 376 Å². The molecule has 93 heavy (non-hydrogen) atoms. The molecule has 3 unspecified atom stereocenters. The molecule has 552 valence electrons. The van der Waals surface area contributed by atoms with Gasteiger partial charge in [0.15, 0.2) is 12.2 Å². The van der Waals surface area contributed by atoms with Gasteiger partial charge in [-0.2, -0.15) is 0 Å². The van der Waals surface area contributed by atoms with Gasteiger partial charge in [-0.1, -0.05) is 325 Å². The highest BCUT2D eigenvalue weighted by molar-refractivity contribution is 7.47. The molecular formula is C74H144O17P2. The van der Waals surface area contributed by atoms with E-state index in [1.54, 1.807) is 0 Å². The predicted octanol–water partition coefficient (Wildman–Crippen LogP) is 21.4. The maximum atomic E-state index is 13.1. The summed E-state index contributed by atoms with van der Waals surface area (Å²) in [5, 5.41) is 10.6. The molecule has 0 bridgehead atoms. The van der Waals surface area contributed by atoms with Crippen molar-refractivity contribution in [3.8, 4) is 0 Å². The molecule has 6 atom stereocenters. The van der Waals surface area contributed by atoms with Gasteiger partial charge in [0.25, 0.3) is 0 Å². The second-order valence-corrected chi connectivity index (χ2v) is 30.8. The standard InChI is InChI=1S/C74H144O17P2/c1-8-10-11-12-13-14-28-33-41-48-55-71(76)85-62-70(91-74(79)58-51-44-37-36-40-47-54-67(7)9-2)64-89-93(82,83)87-60-68(75)59-86-92(80,81)88-63-69(61-84-72(77)56-49-42-34-30-25-27-32-39-46-53-66(5)6)90-73(78)57-50-43-35-29-24-22-20-18-16-15-17-19-21-23-26-31-38-45-52-65(3)4/h65-70,75H,8-64H2,1-7H3,(H,80,81)(H,82,83)/t67?,68-,69-,70-/m1/s1. The summed E-state index contributed by atoms with van der Waals surface area (Å²) in [4.78, 5) is 72.6. The first kappa shape index (κ1) is 91.1. The highest BCUT2D eigenvalue weighted by Gasteiger charge is 2.30. The number of ether oxygens (including phenoxy) is 4. The summed E-state index contributed by atoms with van der Waals surface area (Å²) in [5.41, 5.74) is 0. The summed E-state index contributed by atoms with van der Waals surface area (Å²) in [7, 11) is -9.90. The normalized spacial score (nSPS) is 14.4. The molecule has 0 aliphatic carbocycles. The van der Waals surface area contributed by atoms with E-state index in [0.29, 0.717) is 25.7 Å². The van der Waals surface area contributed by atoms with Crippen LogP contribution in [-0.4, -0.2) is 96.7 Å². The molecule has 17 nitrogen and oxygen atoms in total. The Kier molecular flexibility index (Phi) is 63.4. The Bertz CT molecular complexity index is 1820. The highest BCUT2D eigenvalue weighted by Crippen LogP contribution is 2.45. The number of phosphoric ester groups is 2. The molecule has 0 amide bonds. The largest absolute Gasteiger partial charge is 0.472 e. The monoisotopic (exact) mass is 1370 g/mol. The lowest BCUT2D eigenvalue weighted by molar-refractivity contribution is -0.161. The number of esters is 4. The summed E-state index contributed by atoms with van der Waals surface area (Å²) in [6.07, 6.45) is 50.1. The zero-order chi connectivity index (χ0) is 68.7. The summed E-state index contributed by atoms with van der Waals surface area (Å²) < 4.78 is 68.4. The van der Waals surface area contributed by atoms with Crippen LogP contribution in [-0.2, 0) is 65.4 Å². The maximum absolute atomic E-state index is 13.1. The number of phosphoric acid groups is 2. The summed E-state index contributed by atoms with van der Waals surface area (Å²) in [6.45, 7) is 11.8. The molecule has 0 aliphatic heterocycles. The van der Waals surface area contributed by atoms with E-state index in [9.17, 15) is 43.2 Å². The lowest BCUT2D eigenvalue weighted by atomic mass is 10.00. The minimum absolute atomic E-state index is 0.103. The van der Waals surface area contributed by atoms with E-state index in [0.717, 1.165) is 108 Å². The van der Waals surface area contributed by atoms with Crippen molar-refractivity contribution in [1.29, 1.82) is 0 Å². The first-order valence-corrected chi connectivity index (χ1v) is 41.4. The number of aliphatic hydroxyl groups excluding tert-OH is 1. The van der Waals surface area contributed by atoms with Crippen LogP contribution in [0.3, 0.4) is 0 Å². The Hall–Kier alpha value is -1.94. The first-order valence-electron chi connectivity index (χ1n) is 38.4. The third-order valence-electron chi connectivity index (χ3n) is 17.5. The van der Waals surface area contributed by atoms with Gasteiger partial charge in [-0.25, -0.2) is 9.13 Å². The highest BCUT2D eigenvalue weighted by atomic mass is 31.2. The average Bonchev–Trinajstić information content (AvgIpc) is 2.51. The molecule has 19 heteroatoms. The lowest BCUT2D eigenvalue weighted by Gasteiger charge is -2.21. The number of hydrogen-bond acceptors (Lipinski definition) is 15. The first-order chi connectivity index (χ1) is 44.8. The number of rotatable bonds is 72. The zero-order valence-electron chi connectivity index (χ0n) is 60.7. The van der Waals surface area contributed by atoms with Crippen molar-refractivity contribution in [3.05, 3.63) is 0 Å². The van der Waals surface area contributed by atoms with E-state index >= 15 is 0 Å². The molecule has 0 aromatic rings. The molecule has 0 aromatic carbocycles. The average molecular weight is 1370 g/mol. The van der Waals surface area contributed by atoms with Crippen LogP contribution >= 0.6 is 15.6 Å². The Morgan fingerprint density at radius 3 is 0.817 bits per heavy atom. The number of carbonyl (C=O) groups is 4. The number of hydrogen-bond donors (Lipinski definition) is 3. The van der Waals surface area contributed by atoms with Gasteiger partial charge < -0.3 is 33.8 Å². The van der Waals surface area contributed by atoms with E-state index in [-0.39, 0.29) is 25.7 Å². The third kappa shape index (κ3) is 67.0. The van der Waals surface area contributed by atoms with E-state index in [2.05, 4.69) is 48.5 Å². The van der Waals surface area contributed by atoms with Gasteiger partial charge in [0, 0.05) is 25.7 Å². The second kappa shape index (κ2) is 64.7. The van der Waals surface area contributed by atoms with Gasteiger partial charge in [0.2, 0.25) is 0 Å².